The molecule has 0 spiro atoms. The summed E-state index contributed by atoms with van der Waals surface area (Å²) in [5, 5.41) is 2.68. The summed E-state index contributed by atoms with van der Waals surface area (Å²) < 4.78 is 39.7. The van der Waals surface area contributed by atoms with Gasteiger partial charge in [0, 0.05) is 18.7 Å². The van der Waals surface area contributed by atoms with Crippen molar-refractivity contribution in [1.29, 1.82) is 0 Å². The number of rotatable bonds is 3. The molecule has 0 radical (unpaired) electrons. The molecule has 0 saturated heterocycles. The number of benzene rings is 2. The van der Waals surface area contributed by atoms with Gasteiger partial charge in [0.2, 0.25) is 0 Å². The largest absolute Gasteiger partial charge is 0.376 e. The van der Waals surface area contributed by atoms with Crippen molar-refractivity contribution in [2.75, 3.05) is 5.32 Å². The predicted molar refractivity (Wildman–Crippen MR) is 69.6 cm³/mol. The fourth-order valence-electron chi connectivity index (χ4n) is 1.90. The topological polar surface area (TPSA) is 12.0 Å². The lowest BCUT2D eigenvalue weighted by Crippen LogP contribution is -2.06. The zero-order valence-electron chi connectivity index (χ0n) is 10.7. The van der Waals surface area contributed by atoms with Gasteiger partial charge in [-0.2, -0.15) is 0 Å². The normalized spacial score (nSPS) is 10.6. The highest BCUT2D eigenvalue weighted by atomic mass is 19.1. The van der Waals surface area contributed by atoms with Gasteiger partial charge in [-0.15, -0.1) is 0 Å². The standard InChI is InChI=1S/C15H14F3N/c1-9-4-3-5-11(10(9)2)8-19-15-13(17)6-12(16)7-14(15)18/h3-7,19H,8H2,1-2H3. The minimum atomic E-state index is -0.928. The summed E-state index contributed by atoms with van der Waals surface area (Å²) >= 11 is 0. The molecule has 0 aliphatic heterocycles. The zero-order chi connectivity index (χ0) is 14.0. The van der Waals surface area contributed by atoms with Crippen LogP contribution in [0.5, 0.6) is 0 Å². The van der Waals surface area contributed by atoms with Crippen LogP contribution in [0.3, 0.4) is 0 Å². The Bertz CT molecular complexity index is 585. The Morgan fingerprint density at radius 1 is 1.00 bits per heavy atom. The van der Waals surface area contributed by atoms with Crippen molar-refractivity contribution in [3.8, 4) is 0 Å². The third-order valence-electron chi connectivity index (χ3n) is 3.18. The summed E-state index contributed by atoms with van der Waals surface area (Å²) in [4.78, 5) is 0. The number of anilines is 1. The molecular formula is C15H14F3N. The molecule has 0 fully saturated rings. The van der Waals surface area contributed by atoms with Crippen molar-refractivity contribution in [2.24, 2.45) is 0 Å². The van der Waals surface area contributed by atoms with Gasteiger partial charge in [-0.1, -0.05) is 18.2 Å². The molecule has 19 heavy (non-hydrogen) atoms. The number of nitrogens with one attached hydrogen (secondary N) is 1. The Morgan fingerprint density at radius 2 is 1.63 bits per heavy atom. The van der Waals surface area contributed by atoms with E-state index < -0.39 is 17.5 Å². The van der Waals surface area contributed by atoms with Gasteiger partial charge in [-0.25, -0.2) is 13.2 Å². The Balaban J connectivity index is 2.22. The van der Waals surface area contributed by atoms with E-state index in [1.54, 1.807) is 0 Å². The maximum Gasteiger partial charge on any atom is 0.152 e. The molecule has 100 valence electrons. The van der Waals surface area contributed by atoms with Crippen molar-refractivity contribution < 1.29 is 13.2 Å². The lowest BCUT2D eigenvalue weighted by atomic mass is 10.0. The molecule has 0 aromatic heterocycles. The first-order valence-electron chi connectivity index (χ1n) is 5.92. The summed E-state index contributed by atoms with van der Waals surface area (Å²) in [7, 11) is 0. The van der Waals surface area contributed by atoms with Crippen LogP contribution in [0.25, 0.3) is 0 Å². The zero-order valence-corrected chi connectivity index (χ0v) is 10.7. The van der Waals surface area contributed by atoms with E-state index in [-0.39, 0.29) is 12.2 Å². The average molecular weight is 265 g/mol. The third kappa shape index (κ3) is 2.89. The highest BCUT2D eigenvalue weighted by Crippen LogP contribution is 2.22. The lowest BCUT2D eigenvalue weighted by molar-refractivity contribution is 0.547. The van der Waals surface area contributed by atoms with E-state index in [0.29, 0.717) is 12.1 Å². The van der Waals surface area contributed by atoms with Gasteiger partial charge in [0.1, 0.15) is 11.5 Å². The molecule has 0 saturated carbocycles. The fraction of sp³-hybridized carbons (Fsp3) is 0.200. The molecule has 0 aliphatic carbocycles. The van der Waals surface area contributed by atoms with Gasteiger partial charge in [0.05, 0.1) is 0 Å². The summed E-state index contributed by atoms with van der Waals surface area (Å²) in [6.45, 7) is 4.20. The maximum atomic E-state index is 13.5. The van der Waals surface area contributed by atoms with E-state index in [9.17, 15) is 13.2 Å². The molecule has 0 unspecified atom stereocenters. The first-order chi connectivity index (χ1) is 8.99. The van der Waals surface area contributed by atoms with Crippen LogP contribution >= 0.6 is 0 Å². The predicted octanol–water partition coefficient (Wildman–Crippen LogP) is 4.33. The van der Waals surface area contributed by atoms with Gasteiger partial charge in [0.25, 0.3) is 0 Å². The van der Waals surface area contributed by atoms with E-state index >= 15 is 0 Å². The fourth-order valence-corrected chi connectivity index (χ4v) is 1.90. The van der Waals surface area contributed by atoms with Gasteiger partial charge < -0.3 is 5.32 Å². The first kappa shape index (κ1) is 13.5. The molecule has 2 aromatic rings. The molecular weight excluding hydrogens is 251 g/mol. The Kier molecular flexibility index (Phi) is 3.79. The third-order valence-corrected chi connectivity index (χ3v) is 3.18. The van der Waals surface area contributed by atoms with Crippen molar-refractivity contribution in [3.05, 3.63) is 64.5 Å². The van der Waals surface area contributed by atoms with E-state index in [1.165, 1.54) is 0 Å². The number of hydrogen-bond donors (Lipinski definition) is 1. The second-order valence-electron chi connectivity index (χ2n) is 4.46. The van der Waals surface area contributed by atoms with Crippen molar-refractivity contribution in [3.63, 3.8) is 0 Å². The molecule has 0 bridgehead atoms. The highest BCUT2D eigenvalue weighted by Gasteiger charge is 2.11. The second-order valence-corrected chi connectivity index (χ2v) is 4.46. The molecule has 1 N–H and O–H groups in total. The molecule has 1 nitrogen and oxygen atoms in total. The minimum Gasteiger partial charge on any atom is -0.376 e. The molecule has 0 aliphatic rings. The molecule has 0 atom stereocenters. The number of halogens is 3. The van der Waals surface area contributed by atoms with Crippen LogP contribution in [0.4, 0.5) is 18.9 Å². The van der Waals surface area contributed by atoms with Gasteiger partial charge in [0.15, 0.2) is 11.6 Å². The van der Waals surface area contributed by atoms with E-state index in [2.05, 4.69) is 5.32 Å². The van der Waals surface area contributed by atoms with Crippen LogP contribution in [0, 0.1) is 31.3 Å². The second kappa shape index (κ2) is 5.34. The van der Waals surface area contributed by atoms with Crippen LogP contribution in [0.1, 0.15) is 16.7 Å². The molecule has 2 rings (SSSR count). The van der Waals surface area contributed by atoms with E-state index in [4.69, 9.17) is 0 Å². The van der Waals surface area contributed by atoms with Gasteiger partial charge in [-0.05, 0) is 30.5 Å². The monoisotopic (exact) mass is 265 g/mol. The molecule has 0 amide bonds. The minimum absolute atomic E-state index is 0.285. The van der Waals surface area contributed by atoms with E-state index in [1.807, 2.05) is 32.0 Å². The highest BCUT2D eigenvalue weighted by molar-refractivity contribution is 5.47. The average Bonchev–Trinajstić information content (AvgIpc) is 2.33. The van der Waals surface area contributed by atoms with Crippen molar-refractivity contribution in [1.82, 2.24) is 0 Å². The molecule has 2 aromatic carbocycles. The van der Waals surface area contributed by atoms with Crippen LogP contribution in [-0.2, 0) is 6.54 Å². The SMILES string of the molecule is Cc1cccc(CNc2c(F)cc(F)cc2F)c1C. The Hall–Kier alpha value is -1.97. The smallest absolute Gasteiger partial charge is 0.152 e. The van der Waals surface area contributed by atoms with Crippen molar-refractivity contribution >= 4 is 5.69 Å². The maximum absolute atomic E-state index is 13.5. The summed E-state index contributed by atoms with van der Waals surface area (Å²) in [6.07, 6.45) is 0. The molecule has 0 heterocycles. The number of hydrogen-bond acceptors (Lipinski definition) is 1. The van der Waals surface area contributed by atoms with Crippen LogP contribution in [-0.4, -0.2) is 0 Å². The first-order valence-corrected chi connectivity index (χ1v) is 5.92. The summed E-state index contributed by atoms with van der Waals surface area (Å²) in [6, 6.07) is 7.06. The Labute approximate surface area is 110 Å². The Morgan fingerprint density at radius 3 is 2.26 bits per heavy atom. The van der Waals surface area contributed by atoms with Crippen molar-refractivity contribution in [2.45, 2.75) is 20.4 Å². The van der Waals surface area contributed by atoms with Gasteiger partial charge in [-0.3, -0.25) is 0 Å². The quantitative estimate of drug-likeness (QED) is 0.870. The van der Waals surface area contributed by atoms with Crippen LogP contribution < -0.4 is 5.32 Å². The summed E-state index contributed by atoms with van der Waals surface area (Å²) in [5.74, 6) is -2.78. The van der Waals surface area contributed by atoms with Crippen LogP contribution in [0.15, 0.2) is 30.3 Å². The lowest BCUT2D eigenvalue weighted by Gasteiger charge is -2.12. The number of aryl methyl sites for hydroxylation is 1. The molecule has 4 heteroatoms. The van der Waals surface area contributed by atoms with Gasteiger partial charge >= 0.3 is 0 Å². The van der Waals surface area contributed by atoms with Crippen LogP contribution in [0.2, 0.25) is 0 Å². The van der Waals surface area contributed by atoms with E-state index in [0.717, 1.165) is 16.7 Å². The summed E-state index contributed by atoms with van der Waals surface area (Å²) in [5.41, 5.74) is 2.82.